The average Bonchev–Trinajstić information content (AvgIpc) is 3.15. The largest absolute Gasteiger partial charge is 0.462 e. The molecule has 3 aromatic rings. The third kappa shape index (κ3) is 6.37. The molecule has 1 fully saturated rings. The lowest BCUT2D eigenvalue weighted by Crippen LogP contribution is -2.33. The molecule has 1 unspecified atom stereocenters. The third-order valence-corrected chi connectivity index (χ3v) is 6.48. The van der Waals surface area contributed by atoms with Gasteiger partial charge < -0.3 is 10.1 Å². The Morgan fingerprint density at radius 1 is 1.03 bits per heavy atom. The van der Waals surface area contributed by atoms with Crippen molar-refractivity contribution in [1.82, 2.24) is 4.90 Å². The van der Waals surface area contributed by atoms with E-state index in [0.717, 1.165) is 5.56 Å². The molecule has 9 heteroatoms. The predicted molar refractivity (Wildman–Crippen MR) is 138 cm³/mol. The van der Waals surface area contributed by atoms with Crippen LogP contribution < -0.4 is 5.32 Å². The van der Waals surface area contributed by atoms with Gasteiger partial charge in [0, 0.05) is 12.1 Å². The lowest BCUT2D eigenvalue weighted by atomic mass is 10.2. The Balaban J connectivity index is 1.47. The second kappa shape index (κ2) is 11.6. The number of nitrogens with zero attached hydrogens (tertiary/aromatic N) is 2. The van der Waals surface area contributed by atoms with E-state index in [-0.39, 0.29) is 30.7 Å². The molecule has 36 heavy (non-hydrogen) atoms. The van der Waals surface area contributed by atoms with Crippen LogP contribution >= 0.6 is 11.8 Å². The van der Waals surface area contributed by atoms with Gasteiger partial charge in [-0.05, 0) is 61.0 Å². The van der Waals surface area contributed by atoms with Crippen LogP contribution in [0, 0.1) is 5.82 Å². The van der Waals surface area contributed by atoms with Gasteiger partial charge in [-0.15, -0.1) is 0 Å². The van der Waals surface area contributed by atoms with Crippen molar-refractivity contribution in [2.24, 2.45) is 4.99 Å². The summed E-state index contributed by atoms with van der Waals surface area (Å²) in [6, 6.07) is 21.5. The molecule has 7 nitrogen and oxygen atoms in total. The zero-order chi connectivity index (χ0) is 25.5. The summed E-state index contributed by atoms with van der Waals surface area (Å²) >= 11 is 1.21. The number of anilines is 1. The van der Waals surface area contributed by atoms with Crippen LogP contribution in [0.15, 0.2) is 83.9 Å². The Bertz CT molecular complexity index is 1260. The van der Waals surface area contributed by atoms with Gasteiger partial charge in [-0.25, -0.2) is 14.2 Å². The third-order valence-electron chi connectivity index (χ3n) is 5.31. The maximum Gasteiger partial charge on any atom is 0.338 e. The van der Waals surface area contributed by atoms with E-state index in [1.165, 1.54) is 36.0 Å². The Labute approximate surface area is 212 Å². The number of halogens is 1. The summed E-state index contributed by atoms with van der Waals surface area (Å²) in [7, 11) is 0. The monoisotopic (exact) mass is 505 g/mol. The van der Waals surface area contributed by atoms with Gasteiger partial charge in [0.1, 0.15) is 11.1 Å². The van der Waals surface area contributed by atoms with Gasteiger partial charge in [-0.2, -0.15) is 0 Å². The number of amides is 2. The molecular formula is C27H24FN3O4S. The summed E-state index contributed by atoms with van der Waals surface area (Å²) in [4.78, 5) is 43.9. The lowest BCUT2D eigenvalue weighted by Gasteiger charge is -2.16. The minimum Gasteiger partial charge on any atom is -0.462 e. The number of thioether (sulfide) groups is 1. The topological polar surface area (TPSA) is 88.1 Å². The Morgan fingerprint density at radius 3 is 2.39 bits per heavy atom. The number of ether oxygens (including phenoxy) is 1. The van der Waals surface area contributed by atoms with Gasteiger partial charge in [-0.1, -0.05) is 42.1 Å². The van der Waals surface area contributed by atoms with Gasteiger partial charge in [0.2, 0.25) is 11.8 Å². The van der Waals surface area contributed by atoms with Gasteiger partial charge in [-0.3, -0.25) is 14.5 Å². The molecular weight excluding hydrogens is 481 g/mol. The number of carbonyl (C=O) groups excluding carboxylic acids is 3. The fraction of sp³-hybridized carbons (Fsp3) is 0.185. The summed E-state index contributed by atoms with van der Waals surface area (Å²) in [6.45, 7) is 2.31. The van der Waals surface area contributed by atoms with Crippen molar-refractivity contribution < 1.29 is 23.5 Å². The van der Waals surface area contributed by atoms with Crippen molar-refractivity contribution in [3.05, 3.63) is 95.8 Å². The van der Waals surface area contributed by atoms with Crippen molar-refractivity contribution in [1.29, 1.82) is 0 Å². The van der Waals surface area contributed by atoms with Crippen LogP contribution in [0.1, 0.15) is 29.3 Å². The zero-order valence-corrected chi connectivity index (χ0v) is 20.3. The second-order valence-electron chi connectivity index (χ2n) is 7.94. The molecule has 0 spiro atoms. The quantitative estimate of drug-likeness (QED) is 0.427. The fourth-order valence-electron chi connectivity index (χ4n) is 3.55. The van der Waals surface area contributed by atoms with E-state index >= 15 is 0 Å². The number of aliphatic imine (C=N–C) groups is 1. The van der Waals surface area contributed by atoms with E-state index in [0.29, 0.717) is 28.7 Å². The normalized spacial score (nSPS) is 16.3. The van der Waals surface area contributed by atoms with Crippen LogP contribution in [-0.4, -0.2) is 39.7 Å². The van der Waals surface area contributed by atoms with Gasteiger partial charge >= 0.3 is 5.97 Å². The van der Waals surface area contributed by atoms with E-state index in [1.54, 1.807) is 36.1 Å². The van der Waals surface area contributed by atoms with Crippen molar-refractivity contribution >= 4 is 46.1 Å². The predicted octanol–water partition coefficient (Wildman–Crippen LogP) is 5.16. The highest BCUT2D eigenvalue weighted by Gasteiger charge is 2.39. The maximum atomic E-state index is 13.3. The summed E-state index contributed by atoms with van der Waals surface area (Å²) < 4.78 is 18.3. The van der Waals surface area contributed by atoms with Gasteiger partial charge in [0.25, 0.3) is 0 Å². The molecule has 0 aromatic heterocycles. The number of esters is 1. The molecule has 184 valence electrons. The first-order valence-electron chi connectivity index (χ1n) is 11.4. The molecule has 0 bridgehead atoms. The molecule has 1 heterocycles. The van der Waals surface area contributed by atoms with E-state index < -0.39 is 11.2 Å². The first-order valence-corrected chi connectivity index (χ1v) is 12.2. The molecule has 0 radical (unpaired) electrons. The SMILES string of the molecule is CCOC(=O)c1ccc(NC(=O)CC2SC(=Nc3ccc(F)cc3)N(Cc3ccccc3)C2=O)cc1. The number of benzene rings is 3. The molecule has 0 aliphatic carbocycles. The molecule has 2 amide bonds. The first-order chi connectivity index (χ1) is 17.4. The van der Waals surface area contributed by atoms with Gasteiger partial charge in [0.15, 0.2) is 5.17 Å². The fourth-order valence-corrected chi connectivity index (χ4v) is 4.70. The standard InChI is InChI=1S/C27H24FN3O4S/c1-2-35-26(34)19-8-12-21(13-9-19)29-24(32)16-23-25(33)31(17-18-6-4-3-5-7-18)27(36-23)30-22-14-10-20(28)11-15-22/h3-15,23H,2,16-17H2,1H3,(H,29,32). The number of nitrogens with one attached hydrogen (secondary N) is 1. The van der Waals surface area contributed by atoms with Crippen LogP contribution in [-0.2, 0) is 20.9 Å². The highest BCUT2D eigenvalue weighted by Crippen LogP contribution is 2.33. The minimum absolute atomic E-state index is 0.0587. The van der Waals surface area contributed by atoms with Crippen LogP contribution in [0.25, 0.3) is 0 Å². The highest BCUT2D eigenvalue weighted by molar-refractivity contribution is 8.15. The molecule has 1 saturated heterocycles. The summed E-state index contributed by atoms with van der Waals surface area (Å²) in [5.74, 6) is -1.38. The number of carbonyl (C=O) groups is 3. The molecule has 1 aliphatic rings. The number of hydrogen-bond donors (Lipinski definition) is 1. The first kappa shape index (κ1) is 25.1. The second-order valence-corrected chi connectivity index (χ2v) is 9.11. The molecule has 4 rings (SSSR count). The lowest BCUT2D eigenvalue weighted by molar-refractivity contribution is -0.128. The number of rotatable bonds is 8. The summed E-state index contributed by atoms with van der Waals surface area (Å²) in [5.41, 5.74) is 2.32. The van der Waals surface area contributed by atoms with E-state index in [2.05, 4.69) is 10.3 Å². The maximum absolute atomic E-state index is 13.3. The number of hydrogen-bond acceptors (Lipinski definition) is 6. The van der Waals surface area contributed by atoms with Crippen molar-refractivity contribution in [2.45, 2.75) is 25.1 Å². The van der Waals surface area contributed by atoms with Crippen LogP contribution in [0.3, 0.4) is 0 Å². The van der Waals surface area contributed by atoms with E-state index in [1.807, 2.05) is 30.3 Å². The summed E-state index contributed by atoms with van der Waals surface area (Å²) in [5, 5.41) is 2.56. The molecule has 0 saturated carbocycles. The van der Waals surface area contributed by atoms with Crippen molar-refractivity contribution in [3.63, 3.8) is 0 Å². The minimum atomic E-state index is -0.660. The zero-order valence-electron chi connectivity index (χ0n) is 19.5. The molecule has 1 N–H and O–H groups in total. The average molecular weight is 506 g/mol. The van der Waals surface area contributed by atoms with E-state index in [9.17, 15) is 18.8 Å². The Morgan fingerprint density at radius 2 is 1.72 bits per heavy atom. The molecule has 1 aliphatic heterocycles. The van der Waals surface area contributed by atoms with E-state index in [4.69, 9.17) is 4.74 Å². The number of amidine groups is 1. The Hall–Kier alpha value is -3.98. The molecule has 3 aromatic carbocycles. The smallest absolute Gasteiger partial charge is 0.338 e. The van der Waals surface area contributed by atoms with Crippen LogP contribution in [0.5, 0.6) is 0 Å². The van der Waals surface area contributed by atoms with Crippen LogP contribution in [0.2, 0.25) is 0 Å². The highest BCUT2D eigenvalue weighted by atomic mass is 32.2. The van der Waals surface area contributed by atoms with Crippen molar-refractivity contribution in [2.75, 3.05) is 11.9 Å². The summed E-state index contributed by atoms with van der Waals surface area (Å²) in [6.07, 6.45) is -0.0587. The van der Waals surface area contributed by atoms with Gasteiger partial charge in [0.05, 0.1) is 24.4 Å². The Kier molecular flexibility index (Phi) is 8.12. The molecule has 1 atom stereocenters. The van der Waals surface area contributed by atoms with Crippen molar-refractivity contribution in [3.8, 4) is 0 Å². The van der Waals surface area contributed by atoms with Crippen LogP contribution in [0.4, 0.5) is 15.8 Å².